The summed E-state index contributed by atoms with van der Waals surface area (Å²) in [6.45, 7) is 4.45. The van der Waals surface area contributed by atoms with Gasteiger partial charge in [-0.2, -0.15) is 0 Å². The molecule has 1 aromatic heterocycles. The molecule has 0 amide bonds. The van der Waals surface area contributed by atoms with Gasteiger partial charge in [-0.25, -0.2) is 9.97 Å². The molecule has 1 aromatic carbocycles. The highest BCUT2D eigenvalue weighted by Gasteiger charge is 2.38. The Kier molecular flexibility index (Phi) is 4.82. The lowest BCUT2D eigenvalue weighted by molar-refractivity contribution is -0.0501. The van der Waals surface area contributed by atoms with Crippen LogP contribution in [0.3, 0.4) is 0 Å². The topological polar surface area (TPSA) is 50.3 Å². The first kappa shape index (κ1) is 17.0. The summed E-state index contributed by atoms with van der Waals surface area (Å²) in [6.07, 6.45) is 2.76. The predicted octanol–water partition coefficient (Wildman–Crippen LogP) is 3.72. The van der Waals surface area contributed by atoms with E-state index >= 15 is 0 Å². The standard InChI is InChI=1S/C18H20Cl2N4O/c1-11-21-7-16(20)18(22-11)23-14-6-15-10-25-17(9-24(15)8-14)12-2-4-13(19)5-3-12/h2-5,7,14-15,17H,6,8-10H2,1H3,(H,21,22,23)/t14-,15-,17+/m0/s1. The first-order valence-corrected chi connectivity index (χ1v) is 9.21. The van der Waals surface area contributed by atoms with E-state index in [0.717, 1.165) is 31.1 Å². The summed E-state index contributed by atoms with van der Waals surface area (Å²) in [5, 5.41) is 4.78. The quantitative estimate of drug-likeness (QED) is 0.881. The van der Waals surface area contributed by atoms with Gasteiger partial charge in [-0.3, -0.25) is 4.90 Å². The number of benzene rings is 1. The Hall–Kier alpha value is -1.40. The Bertz CT molecular complexity index is 755. The molecule has 3 heterocycles. The molecule has 7 heteroatoms. The fraction of sp³-hybridized carbons (Fsp3) is 0.444. The first-order valence-electron chi connectivity index (χ1n) is 8.45. The maximum atomic E-state index is 6.21. The predicted molar refractivity (Wildman–Crippen MR) is 99.3 cm³/mol. The number of ether oxygens (including phenoxy) is 1. The largest absolute Gasteiger partial charge is 0.371 e. The lowest BCUT2D eigenvalue weighted by Gasteiger charge is -2.35. The molecule has 132 valence electrons. The van der Waals surface area contributed by atoms with Crippen LogP contribution in [0.15, 0.2) is 30.5 Å². The van der Waals surface area contributed by atoms with Crippen molar-refractivity contribution in [2.24, 2.45) is 0 Å². The molecule has 25 heavy (non-hydrogen) atoms. The van der Waals surface area contributed by atoms with Crippen LogP contribution < -0.4 is 5.32 Å². The Morgan fingerprint density at radius 3 is 2.80 bits per heavy atom. The number of aryl methyl sites for hydroxylation is 1. The van der Waals surface area contributed by atoms with Gasteiger partial charge < -0.3 is 10.1 Å². The molecular weight excluding hydrogens is 359 g/mol. The van der Waals surface area contributed by atoms with E-state index in [4.69, 9.17) is 27.9 Å². The summed E-state index contributed by atoms with van der Waals surface area (Å²) in [7, 11) is 0. The van der Waals surface area contributed by atoms with Crippen LogP contribution in [0.2, 0.25) is 10.0 Å². The molecule has 2 aliphatic rings. The number of halogens is 2. The van der Waals surface area contributed by atoms with Gasteiger partial charge in [0.25, 0.3) is 0 Å². The molecule has 4 rings (SSSR count). The van der Waals surface area contributed by atoms with Crippen molar-refractivity contribution < 1.29 is 4.74 Å². The summed E-state index contributed by atoms with van der Waals surface area (Å²) in [5.41, 5.74) is 1.17. The molecule has 0 radical (unpaired) electrons. The third kappa shape index (κ3) is 3.75. The minimum absolute atomic E-state index is 0.0946. The summed E-state index contributed by atoms with van der Waals surface area (Å²) in [5.74, 6) is 1.43. The highest BCUT2D eigenvalue weighted by Crippen LogP contribution is 2.32. The SMILES string of the molecule is Cc1ncc(Cl)c(N[C@H]2C[C@H]3CO[C@@H](c4ccc(Cl)cc4)CN3C2)n1. The van der Waals surface area contributed by atoms with Crippen LogP contribution in [0.4, 0.5) is 5.82 Å². The fourth-order valence-electron chi connectivity index (χ4n) is 3.61. The van der Waals surface area contributed by atoms with Crippen LogP contribution in [0.25, 0.3) is 0 Å². The highest BCUT2D eigenvalue weighted by molar-refractivity contribution is 6.32. The maximum Gasteiger partial charge on any atom is 0.148 e. The molecule has 0 bridgehead atoms. The minimum atomic E-state index is 0.0946. The second kappa shape index (κ2) is 7.08. The molecule has 2 aliphatic heterocycles. The fourth-order valence-corrected chi connectivity index (χ4v) is 3.88. The van der Waals surface area contributed by atoms with Crippen molar-refractivity contribution in [3.63, 3.8) is 0 Å². The number of nitrogens with zero attached hydrogens (tertiary/aromatic N) is 3. The van der Waals surface area contributed by atoms with Crippen LogP contribution in [0, 0.1) is 6.92 Å². The van der Waals surface area contributed by atoms with E-state index in [1.807, 2.05) is 31.2 Å². The molecule has 2 saturated heterocycles. The van der Waals surface area contributed by atoms with Crippen LogP contribution >= 0.6 is 23.2 Å². The Morgan fingerprint density at radius 2 is 2.00 bits per heavy atom. The minimum Gasteiger partial charge on any atom is -0.371 e. The van der Waals surface area contributed by atoms with Crippen molar-refractivity contribution >= 4 is 29.0 Å². The number of nitrogens with one attached hydrogen (secondary N) is 1. The number of fused-ring (bicyclic) bond motifs is 1. The summed E-state index contributed by atoms with van der Waals surface area (Å²) in [4.78, 5) is 11.0. The van der Waals surface area contributed by atoms with Gasteiger partial charge in [0.15, 0.2) is 0 Å². The van der Waals surface area contributed by atoms with E-state index in [1.54, 1.807) is 6.20 Å². The monoisotopic (exact) mass is 378 g/mol. The number of rotatable bonds is 3. The van der Waals surface area contributed by atoms with Gasteiger partial charge in [-0.15, -0.1) is 0 Å². The Balaban J connectivity index is 1.41. The molecule has 0 spiro atoms. The van der Waals surface area contributed by atoms with Gasteiger partial charge in [0, 0.05) is 30.2 Å². The van der Waals surface area contributed by atoms with Crippen molar-refractivity contribution in [1.82, 2.24) is 14.9 Å². The van der Waals surface area contributed by atoms with Crippen LogP contribution in [0.1, 0.15) is 23.9 Å². The number of morpholine rings is 1. The maximum absolute atomic E-state index is 6.21. The van der Waals surface area contributed by atoms with E-state index in [0.29, 0.717) is 28.7 Å². The van der Waals surface area contributed by atoms with E-state index in [9.17, 15) is 0 Å². The van der Waals surface area contributed by atoms with Crippen LogP contribution in [-0.4, -0.2) is 46.6 Å². The third-order valence-corrected chi connectivity index (χ3v) is 5.39. The van der Waals surface area contributed by atoms with Gasteiger partial charge in [0.05, 0.1) is 18.9 Å². The van der Waals surface area contributed by atoms with E-state index in [2.05, 4.69) is 20.2 Å². The van der Waals surface area contributed by atoms with Gasteiger partial charge in [-0.05, 0) is 31.0 Å². The molecule has 0 saturated carbocycles. The smallest absolute Gasteiger partial charge is 0.148 e. The number of hydrogen-bond donors (Lipinski definition) is 1. The van der Waals surface area contributed by atoms with Gasteiger partial charge >= 0.3 is 0 Å². The molecular formula is C18H20Cl2N4O. The average Bonchev–Trinajstić information content (AvgIpc) is 3.00. The molecule has 0 unspecified atom stereocenters. The first-order chi connectivity index (χ1) is 12.1. The van der Waals surface area contributed by atoms with Gasteiger partial charge in [0.1, 0.15) is 16.7 Å². The average molecular weight is 379 g/mol. The molecule has 3 atom stereocenters. The van der Waals surface area contributed by atoms with Crippen molar-refractivity contribution in [2.75, 3.05) is 25.0 Å². The zero-order chi connectivity index (χ0) is 17.4. The van der Waals surface area contributed by atoms with E-state index in [-0.39, 0.29) is 6.10 Å². The lowest BCUT2D eigenvalue weighted by Crippen LogP contribution is -2.42. The molecule has 2 fully saturated rings. The lowest BCUT2D eigenvalue weighted by atomic mass is 10.1. The zero-order valence-corrected chi connectivity index (χ0v) is 15.5. The summed E-state index contributed by atoms with van der Waals surface area (Å²) < 4.78 is 6.09. The van der Waals surface area contributed by atoms with E-state index < -0.39 is 0 Å². The second-order valence-electron chi connectivity index (χ2n) is 6.67. The summed E-state index contributed by atoms with van der Waals surface area (Å²) in [6, 6.07) is 8.66. The van der Waals surface area contributed by atoms with Gasteiger partial charge in [-0.1, -0.05) is 35.3 Å². The molecule has 5 nitrogen and oxygen atoms in total. The van der Waals surface area contributed by atoms with Crippen molar-refractivity contribution in [3.05, 3.63) is 51.9 Å². The molecule has 0 aliphatic carbocycles. The number of anilines is 1. The zero-order valence-electron chi connectivity index (χ0n) is 14.0. The highest BCUT2D eigenvalue weighted by atomic mass is 35.5. The number of hydrogen-bond acceptors (Lipinski definition) is 5. The van der Waals surface area contributed by atoms with Crippen LogP contribution in [0.5, 0.6) is 0 Å². The third-order valence-electron chi connectivity index (χ3n) is 4.87. The molecule has 2 aromatic rings. The Morgan fingerprint density at radius 1 is 1.20 bits per heavy atom. The number of aromatic nitrogens is 2. The normalized spacial score (nSPS) is 26.4. The van der Waals surface area contributed by atoms with Crippen molar-refractivity contribution in [1.29, 1.82) is 0 Å². The van der Waals surface area contributed by atoms with Crippen molar-refractivity contribution in [3.8, 4) is 0 Å². The van der Waals surface area contributed by atoms with Crippen LogP contribution in [-0.2, 0) is 4.74 Å². The van der Waals surface area contributed by atoms with Gasteiger partial charge in [0.2, 0.25) is 0 Å². The van der Waals surface area contributed by atoms with E-state index in [1.165, 1.54) is 5.56 Å². The summed E-state index contributed by atoms with van der Waals surface area (Å²) >= 11 is 12.2. The second-order valence-corrected chi connectivity index (χ2v) is 7.52. The van der Waals surface area contributed by atoms with Crippen molar-refractivity contribution in [2.45, 2.75) is 31.5 Å². The Labute approximate surface area is 157 Å². The molecule has 1 N–H and O–H groups in total.